The molecule has 0 unspecified atom stereocenters. The molecule has 0 atom stereocenters. The standard InChI is InChI=1S/C21H35N3O4Si/c1-29(2,3)15-14-28-21(27)16-17-8-10-18(11-9-17)24-20(26)7-5-13-23-19(25)6-4-12-22/h8-11H,4-7,12-16,22H2,1-3H3,(H,23,25)(H,24,26). The lowest BCUT2D eigenvalue weighted by Gasteiger charge is -2.15. The highest BCUT2D eigenvalue weighted by Gasteiger charge is 2.14. The van der Waals surface area contributed by atoms with Crippen LogP contribution in [0.25, 0.3) is 0 Å². The molecule has 1 aromatic carbocycles. The van der Waals surface area contributed by atoms with Crippen molar-refractivity contribution < 1.29 is 19.1 Å². The lowest BCUT2D eigenvalue weighted by atomic mass is 10.1. The zero-order chi connectivity index (χ0) is 21.7. The minimum atomic E-state index is -1.21. The normalized spacial score (nSPS) is 11.0. The summed E-state index contributed by atoms with van der Waals surface area (Å²) in [7, 11) is -1.21. The summed E-state index contributed by atoms with van der Waals surface area (Å²) in [6.07, 6.45) is 2.20. The van der Waals surface area contributed by atoms with Crippen molar-refractivity contribution in [3.8, 4) is 0 Å². The van der Waals surface area contributed by atoms with Gasteiger partial charge in [0.05, 0.1) is 13.0 Å². The van der Waals surface area contributed by atoms with Gasteiger partial charge < -0.3 is 21.1 Å². The Hall–Kier alpha value is -2.19. The molecular weight excluding hydrogens is 386 g/mol. The first-order chi connectivity index (χ1) is 13.7. The van der Waals surface area contributed by atoms with E-state index in [0.29, 0.717) is 51.1 Å². The van der Waals surface area contributed by atoms with E-state index in [-0.39, 0.29) is 24.2 Å². The Balaban J connectivity index is 2.26. The maximum absolute atomic E-state index is 12.0. The molecule has 0 aliphatic heterocycles. The van der Waals surface area contributed by atoms with Crippen molar-refractivity contribution in [2.24, 2.45) is 5.73 Å². The summed E-state index contributed by atoms with van der Waals surface area (Å²) in [6, 6.07) is 8.13. The molecule has 1 aromatic rings. The molecule has 2 amide bonds. The molecule has 7 nitrogen and oxygen atoms in total. The minimum Gasteiger partial charge on any atom is -0.466 e. The van der Waals surface area contributed by atoms with Gasteiger partial charge in [0.15, 0.2) is 0 Å². The van der Waals surface area contributed by atoms with E-state index >= 15 is 0 Å². The summed E-state index contributed by atoms with van der Waals surface area (Å²) >= 11 is 0. The third-order valence-corrected chi connectivity index (χ3v) is 5.92. The number of ether oxygens (including phenoxy) is 1. The molecule has 0 aliphatic rings. The molecule has 162 valence electrons. The van der Waals surface area contributed by atoms with Crippen LogP contribution in [0.4, 0.5) is 5.69 Å². The first-order valence-corrected chi connectivity index (χ1v) is 13.9. The number of carbonyl (C=O) groups is 3. The fourth-order valence-electron chi connectivity index (χ4n) is 2.45. The maximum Gasteiger partial charge on any atom is 0.310 e. The van der Waals surface area contributed by atoms with Crippen LogP contribution in [0.3, 0.4) is 0 Å². The maximum atomic E-state index is 12.0. The van der Waals surface area contributed by atoms with Crippen LogP contribution in [-0.4, -0.2) is 45.6 Å². The van der Waals surface area contributed by atoms with Crippen LogP contribution >= 0.6 is 0 Å². The van der Waals surface area contributed by atoms with Gasteiger partial charge in [0.2, 0.25) is 11.8 Å². The number of esters is 1. The van der Waals surface area contributed by atoms with E-state index in [2.05, 4.69) is 30.3 Å². The van der Waals surface area contributed by atoms with Gasteiger partial charge >= 0.3 is 5.97 Å². The van der Waals surface area contributed by atoms with Crippen molar-refractivity contribution in [1.29, 1.82) is 0 Å². The molecule has 0 aliphatic carbocycles. The first kappa shape index (κ1) is 24.8. The highest BCUT2D eigenvalue weighted by molar-refractivity contribution is 6.76. The van der Waals surface area contributed by atoms with Crippen molar-refractivity contribution in [2.45, 2.75) is 57.8 Å². The number of hydrogen-bond donors (Lipinski definition) is 3. The van der Waals surface area contributed by atoms with Crippen LogP contribution in [0.15, 0.2) is 24.3 Å². The SMILES string of the molecule is C[Si](C)(C)CCOC(=O)Cc1ccc(NC(=O)CCCNC(=O)CCCN)cc1. The quantitative estimate of drug-likeness (QED) is 0.258. The van der Waals surface area contributed by atoms with Gasteiger partial charge in [-0.1, -0.05) is 31.8 Å². The predicted molar refractivity (Wildman–Crippen MR) is 118 cm³/mol. The summed E-state index contributed by atoms with van der Waals surface area (Å²) in [5.41, 5.74) is 6.88. The van der Waals surface area contributed by atoms with Gasteiger partial charge in [-0.15, -0.1) is 0 Å². The van der Waals surface area contributed by atoms with Gasteiger partial charge in [0.1, 0.15) is 0 Å². The van der Waals surface area contributed by atoms with Gasteiger partial charge in [-0.25, -0.2) is 0 Å². The van der Waals surface area contributed by atoms with Crippen LogP contribution in [0.2, 0.25) is 25.7 Å². The molecule has 0 spiro atoms. The van der Waals surface area contributed by atoms with E-state index < -0.39 is 8.07 Å². The molecule has 1 rings (SSSR count). The second kappa shape index (κ2) is 13.1. The van der Waals surface area contributed by atoms with Crippen LogP contribution < -0.4 is 16.4 Å². The van der Waals surface area contributed by atoms with E-state index in [1.165, 1.54) is 0 Å². The molecule has 0 aromatic heterocycles. The Morgan fingerprint density at radius 2 is 1.66 bits per heavy atom. The summed E-state index contributed by atoms with van der Waals surface area (Å²) in [5, 5.41) is 5.58. The van der Waals surface area contributed by atoms with E-state index in [0.717, 1.165) is 11.6 Å². The highest BCUT2D eigenvalue weighted by atomic mass is 28.3. The molecular formula is C21H35N3O4Si. The van der Waals surface area contributed by atoms with Crippen LogP contribution in [-0.2, 0) is 25.5 Å². The molecule has 29 heavy (non-hydrogen) atoms. The van der Waals surface area contributed by atoms with Crippen molar-refractivity contribution in [2.75, 3.05) is 25.0 Å². The molecule has 0 saturated carbocycles. The lowest BCUT2D eigenvalue weighted by molar-refractivity contribution is -0.142. The van der Waals surface area contributed by atoms with E-state index in [4.69, 9.17) is 10.5 Å². The van der Waals surface area contributed by atoms with Crippen molar-refractivity contribution in [3.63, 3.8) is 0 Å². The Kier molecular flexibility index (Phi) is 11.2. The molecule has 0 heterocycles. The zero-order valence-corrected chi connectivity index (χ0v) is 18.9. The Morgan fingerprint density at radius 3 is 2.28 bits per heavy atom. The summed E-state index contributed by atoms with van der Waals surface area (Å²) in [6.45, 7) is 8.17. The van der Waals surface area contributed by atoms with Gasteiger partial charge in [0, 0.05) is 33.1 Å². The number of amides is 2. The average Bonchev–Trinajstić information content (AvgIpc) is 2.64. The van der Waals surface area contributed by atoms with Gasteiger partial charge in [-0.2, -0.15) is 0 Å². The lowest BCUT2D eigenvalue weighted by Crippen LogP contribution is -2.25. The van der Waals surface area contributed by atoms with Crippen LogP contribution in [0.1, 0.15) is 31.2 Å². The summed E-state index contributed by atoms with van der Waals surface area (Å²) in [5.74, 6) is -0.376. The van der Waals surface area contributed by atoms with E-state index in [9.17, 15) is 14.4 Å². The van der Waals surface area contributed by atoms with Gasteiger partial charge in [-0.3, -0.25) is 14.4 Å². The fourth-order valence-corrected chi connectivity index (χ4v) is 3.16. The third kappa shape index (κ3) is 12.8. The summed E-state index contributed by atoms with van der Waals surface area (Å²) in [4.78, 5) is 35.3. The first-order valence-electron chi connectivity index (χ1n) is 10.2. The fraction of sp³-hybridized carbons (Fsp3) is 0.571. The van der Waals surface area contributed by atoms with Crippen LogP contribution in [0, 0.1) is 0 Å². The number of anilines is 1. The Labute approximate surface area is 174 Å². The van der Waals surface area contributed by atoms with Crippen LogP contribution in [0.5, 0.6) is 0 Å². The van der Waals surface area contributed by atoms with Crippen molar-refractivity contribution in [1.82, 2.24) is 5.32 Å². The molecule has 8 heteroatoms. The van der Waals surface area contributed by atoms with E-state index in [1.54, 1.807) is 12.1 Å². The number of hydrogen-bond acceptors (Lipinski definition) is 5. The number of carbonyl (C=O) groups excluding carboxylic acids is 3. The zero-order valence-electron chi connectivity index (χ0n) is 17.9. The van der Waals surface area contributed by atoms with Gasteiger partial charge in [-0.05, 0) is 43.1 Å². The molecule has 0 saturated heterocycles. The van der Waals surface area contributed by atoms with Crippen molar-refractivity contribution in [3.05, 3.63) is 29.8 Å². The number of nitrogens with one attached hydrogen (secondary N) is 2. The predicted octanol–water partition coefficient (Wildman–Crippen LogP) is 2.68. The number of nitrogens with two attached hydrogens (primary N) is 1. The van der Waals surface area contributed by atoms with Crippen molar-refractivity contribution >= 4 is 31.5 Å². The monoisotopic (exact) mass is 421 g/mol. The summed E-state index contributed by atoms with van der Waals surface area (Å²) < 4.78 is 5.30. The minimum absolute atomic E-state index is 0.0366. The molecule has 0 fully saturated rings. The van der Waals surface area contributed by atoms with E-state index in [1.807, 2.05) is 12.1 Å². The largest absolute Gasteiger partial charge is 0.466 e. The topological polar surface area (TPSA) is 111 Å². The Morgan fingerprint density at radius 1 is 1.00 bits per heavy atom. The smallest absolute Gasteiger partial charge is 0.310 e. The molecule has 4 N–H and O–H groups in total. The number of rotatable bonds is 13. The second-order valence-electron chi connectivity index (χ2n) is 8.30. The molecule has 0 radical (unpaired) electrons. The average molecular weight is 422 g/mol. The molecule has 0 bridgehead atoms. The Bertz CT molecular complexity index is 657. The number of benzene rings is 1. The third-order valence-electron chi connectivity index (χ3n) is 4.21. The van der Waals surface area contributed by atoms with Gasteiger partial charge in [0.25, 0.3) is 0 Å². The highest BCUT2D eigenvalue weighted by Crippen LogP contribution is 2.12. The second-order valence-corrected chi connectivity index (χ2v) is 13.9.